The lowest BCUT2D eigenvalue weighted by molar-refractivity contribution is 0.122. The number of benzene rings is 1. The zero-order valence-electron chi connectivity index (χ0n) is 18.4. The summed E-state index contributed by atoms with van der Waals surface area (Å²) in [5.74, 6) is 2.42. The molecule has 3 heterocycles. The van der Waals surface area contributed by atoms with Gasteiger partial charge >= 0.3 is 0 Å². The third-order valence-electron chi connectivity index (χ3n) is 6.00. The van der Waals surface area contributed by atoms with Crippen molar-refractivity contribution in [1.29, 1.82) is 0 Å². The Balaban J connectivity index is 1.53. The topological polar surface area (TPSA) is 65.6 Å². The quantitative estimate of drug-likeness (QED) is 0.682. The lowest BCUT2D eigenvalue weighted by atomic mass is 10.0. The first-order valence-electron chi connectivity index (χ1n) is 11.2. The van der Waals surface area contributed by atoms with E-state index < -0.39 is 0 Å². The van der Waals surface area contributed by atoms with Gasteiger partial charge in [0.1, 0.15) is 11.6 Å². The predicted octanol–water partition coefficient (Wildman–Crippen LogP) is 3.74. The molecule has 0 saturated carbocycles. The molecule has 0 amide bonds. The molecule has 31 heavy (non-hydrogen) atoms. The van der Waals surface area contributed by atoms with Crippen LogP contribution in [0.1, 0.15) is 44.7 Å². The molecular formula is C23H32N6OS. The van der Waals surface area contributed by atoms with Gasteiger partial charge in [-0.2, -0.15) is 9.97 Å². The second kappa shape index (κ2) is 10.2. The van der Waals surface area contributed by atoms with Crippen LogP contribution in [0.2, 0.25) is 0 Å². The minimum absolute atomic E-state index is 0.0882. The van der Waals surface area contributed by atoms with Gasteiger partial charge in [0.05, 0.1) is 19.3 Å². The SMILES string of the molecule is C[C@@H](NC(=S)Nc1nc(N2CCOCC2)cc(N2CCCC[C@@H]2C)n1)c1ccccc1. The molecule has 2 aliphatic rings. The fraction of sp³-hybridized carbons (Fsp3) is 0.522. The number of nitrogens with one attached hydrogen (secondary N) is 2. The molecule has 2 aliphatic heterocycles. The molecule has 8 heteroatoms. The monoisotopic (exact) mass is 440 g/mol. The molecule has 0 aliphatic carbocycles. The molecule has 2 atom stereocenters. The first kappa shape index (κ1) is 21.8. The first-order chi connectivity index (χ1) is 15.1. The summed E-state index contributed by atoms with van der Waals surface area (Å²) in [5, 5.41) is 7.10. The Bertz CT molecular complexity index is 874. The van der Waals surface area contributed by atoms with Crippen LogP contribution in [0.3, 0.4) is 0 Å². The minimum Gasteiger partial charge on any atom is -0.378 e. The fourth-order valence-electron chi connectivity index (χ4n) is 4.18. The van der Waals surface area contributed by atoms with Crippen LogP contribution >= 0.6 is 12.2 Å². The number of hydrogen-bond acceptors (Lipinski definition) is 6. The average Bonchev–Trinajstić information content (AvgIpc) is 2.80. The number of ether oxygens (including phenoxy) is 1. The van der Waals surface area contributed by atoms with Crippen molar-refractivity contribution in [3.63, 3.8) is 0 Å². The lowest BCUT2D eigenvalue weighted by Gasteiger charge is -2.35. The molecule has 2 N–H and O–H groups in total. The Morgan fingerprint density at radius 2 is 1.84 bits per heavy atom. The second-order valence-corrected chi connectivity index (χ2v) is 8.68. The normalized spacial score (nSPS) is 20.3. The number of anilines is 3. The van der Waals surface area contributed by atoms with Gasteiger partial charge in [0.2, 0.25) is 5.95 Å². The van der Waals surface area contributed by atoms with Crippen LogP contribution in [0.5, 0.6) is 0 Å². The Labute approximate surface area is 190 Å². The summed E-state index contributed by atoms with van der Waals surface area (Å²) in [4.78, 5) is 14.3. The molecule has 2 saturated heterocycles. The third-order valence-corrected chi connectivity index (χ3v) is 6.22. The molecule has 1 aromatic carbocycles. The lowest BCUT2D eigenvalue weighted by Crippen LogP contribution is -2.40. The summed E-state index contributed by atoms with van der Waals surface area (Å²) in [5.41, 5.74) is 1.18. The van der Waals surface area contributed by atoms with Crippen molar-refractivity contribution in [2.75, 3.05) is 48.0 Å². The molecule has 0 bridgehead atoms. The van der Waals surface area contributed by atoms with Crippen LogP contribution in [0, 0.1) is 0 Å². The van der Waals surface area contributed by atoms with E-state index in [1.54, 1.807) is 0 Å². The highest BCUT2D eigenvalue weighted by Crippen LogP contribution is 2.27. The molecule has 1 aromatic heterocycles. The van der Waals surface area contributed by atoms with Gasteiger partial charge in [-0.25, -0.2) is 0 Å². The van der Waals surface area contributed by atoms with Crippen LogP contribution in [0.25, 0.3) is 0 Å². The maximum absolute atomic E-state index is 5.59. The fourth-order valence-corrected chi connectivity index (χ4v) is 4.45. The highest BCUT2D eigenvalue weighted by Gasteiger charge is 2.23. The molecule has 2 fully saturated rings. The summed E-state index contributed by atoms with van der Waals surface area (Å²) >= 11 is 5.59. The van der Waals surface area contributed by atoms with Crippen LogP contribution in [0.15, 0.2) is 36.4 Å². The average molecular weight is 441 g/mol. The van der Waals surface area contributed by atoms with Crippen molar-refractivity contribution in [2.45, 2.75) is 45.2 Å². The number of piperidine rings is 1. The zero-order chi connectivity index (χ0) is 21.6. The zero-order valence-corrected chi connectivity index (χ0v) is 19.2. The van der Waals surface area contributed by atoms with Gasteiger partial charge in [0.15, 0.2) is 5.11 Å². The van der Waals surface area contributed by atoms with Gasteiger partial charge in [-0.15, -0.1) is 0 Å². The molecular weight excluding hydrogens is 408 g/mol. The van der Waals surface area contributed by atoms with E-state index in [4.69, 9.17) is 26.9 Å². The number of morpholine rings is 1. The van der Waals surface area contributed by atoms with Gasteiger partial charge in [-0.05, 0) is 50.9 Å². The van der Waals surface area contributed by atoms with Gasteiger partial charge in [-0.1, -0.05) is 30.3 Å². The largest absolute Gasteiger partial charge is 0.378 e. The predicted molar refractivity (Wildman–Crippen MR) is 130 cm³/mol. The number of rotatable bonds is 5. The van der Waals surface area contributed by atoms with E-state index >= 15 is 0 Å². The second-order valence-electron chi connectivity index (χ2n) is 8.28. The molecule has 0 unspecified atom stereocenters. The van der Waals surface area contributed by atoms with E-state index in [1.165, 1.54) is 24.8 Å². The van der Waals surface area contributed by atoms with Crippen molar-refractivity contribution in [1.82, 2.24) is 15.3 Å². The maximum Gasteiger partial charge on any atom is 0.232 e. The molecule has 166 valence electrons. The van der Waals surface area contributed by atoms with Crippen molar-refractivity contribution >= 4 is 34.9 Å². The van der Waals surface area contributed by atoms with Crippen LogP contribution in [-0.2, 0) is 4.74 Å². The Morgan fingerprint density at radius 1 is 1.10 bits per heavy atom. The maximum atomic E-state index is 5.59. The molecule has 4 rings (SSSR count). The number of aromatic nitrogens is 2. The van der Waals surface area contributed by atoms with Crippen LogP contribution in [-0.4, -0.2) is 54.0 Å². The van der Waals surface area contributed by atoms with Crippen LogP contribution < -0.4 is 20.4 Å². The third kappa shape index (κ3) is 5.62. The van der Waals surface area contributed by atoms with E-state index in [-0.39, 0.29) is 6.04 Å². The highest BCUT2D eigenvalue weighted by molar-refractivity contribution is 7.80. The number of nitrogens with zero attached hydrogens (tertiary/aromatic N) is 4. The van der Waals surface area contributed by atoms with Crippen molar-refractivity contribution in [3.05, 3.63) is 42.0 Å². The van der Waals surface area contributed by atoms with E-state index in [1.807, 2.05) is 18.2 Å². The highest BCUT2D eigenvalue weighted by atomic mass is 32.1. The van der Waals surface area contributed by atoms with Crippen molar-refractivity contribution in [2.24, 2.45) is 0 Å². The molecule has 2 aromatic rings. The molecule has 0 spiro atoms. The van der Waals surface area contributed by atoms with E-state index in [0.29, 0.717) is 17.1 Å². The summed E-state index contributed by atoms with van der Waals surface area (Å²) in [6.07, 6.45) is 3.66. The summed E-state index contributed by atoms with van der Waals surface area (Å²) in [6, 6.07) is 12.9. The van der Waals surface area contributed by atoms with Gasteiger partial charge in [0, 0.05) is 31.7 Å². The molecule has 7 nitrogen and oxygen atoms in total. The Kier molecular flexibility index (Phi) is 7.19. The summed E-state index contributed by atoms with van der Waals surface area (Å²) < 4.78 is 5.52. The minimum atomic E-state index is 0.0882. The number of hydrogen-bond donors (Lipinski definition) is 2. The Hall–Kier alpha value is -2.45. The van der Waals surface area contributed by atoms with Gasteiger partial charge < -0.3 is 25.2 Å². The standard InChI is InChI=1S/C23H32N6OS/c1-17-8-6-7-11-29(17)21-16-20(28-12-14-30-15-13-28)25-22(26-21)27-23(31)24-18(2)19-9-4-3-5-10-19/h3-5,9-10,16-18H,6-8,11-15H2,1-2H3,(H2,24,25,26,27,31)/t17-,18+/m0/s1. The smallest absolute Gasteiger partial charge is 0.232 e. The van der Waals surface area contributed by atoms with Gasteiger partial charge in [-0.3, -0.25) is 0 Å². The van der Waals surface area contributed by atoms with E-state index in [0.717, 1.165) is 44.5 Å². The van der Waals surface area contributed by atoms with Crippen LogP contribution in [0.4, 0.5) is 17.6 Å². The Morgan fingerprint density at radius 3 is 2.58 bits per heavy atom. The number of thiocarbonyl (C=S) groups is 1. The van der Waals surface area contributed by atoms with Crippen molar-refractivity contribution < 1.29 is 4.74 Å². The first-order valence-corrected chi connectivity index (χ1v) is 11.6. The van der Waals surface area contributed by atoms with E-state index in [2.05, 4.69) is 52.5 Å². The summed E-state index contributed by atoms with van der Waals surface area (Å²) in [7, 11) is 0. The summed E-state index contributed by atoms with van der Waals surface area (Å²) in [6.45, 7) is 8.49. The molecule has 0 radical (unpaired) electrons. The van der Waals surface area contributed by atoms with E-state index in [9.17, 15) is 0 Å². The van der Waals surface area contributed by atoms with Crippen molar-refractivity contribution in [3.8, 4) is 0 Å². The van der Waals surface area contributed by atoms with Gasteiger partial charge in [0.25, 0.3) is 0 Å².